The number of carbonyl (C=O) groups is 1. The topological polar surface area (TPSA) is 93.2 Å². The average Bonchev–Trinajstić information content (AvgIpc) is 3.21. The smallest absolute Gasteiger partial charge is 0.272 e. The van der Waals surface area contributed by atoms with Crippen LogP contribution < -0.4 is 14.9 Å². The summed E-state index contributed by atoms with van der Waals surface area (Å²) >= 11 is 0. The van der Waals surface area contributed by atoms with Gasteiger partial charge in [0.1, 0.15) is 7.11 Å². The summed E-state index contributed by atoms with van der Waals surface area (Å²) in [5.74, 6) is 1.43. The van der Waals surface area contributed by atoms with Crippen molar-refractivity contribution in [1.82, 2.24) is 20.1 Å². The van der Waals surface area contributed by atoms with Gasteiger partial charge in [-0.25, -0.2) is 9.67 Å². The lowest BCUT2D eigenvalue weighted by Crippen LogP contribution is -2.46. The van der Waals surface area contributed by atoms with E-state index in [4.69, 9.17) is 4.84 Å². The van der Waals surface area contributed by atoms with Gasteiger partial charge in [0, 0.05) is 16.2 Å². The van der Waals surface area contributed by atoms with Gasteiger partial charge in [0.2, 0.25) is 12.0 Å². The van der Waals surface area contributed by atoms with Crippen LogP contribution in [0.1, 0.15) is 68.7 Å². The first-order valence-electron chi connectivity index (χ1n) is 10.3. The second-order valence-electron chi connectivity index (χ2n) is 8.46. The van der Waals surface area contributed by atoms with E-state index < -0.39 is 0 Å². The Morgan fingerprint density at radius 2 is 2.17 bits per heavy atom. The normalized spacial score (nSPS) is 20.1. The molecule has 2 aliphatic rings. The van der Waals surface area contributed by atoms with Gasteiger partial charge in [-0.1, -0.05) is 34.6 Å². The van der Waals surface area contributed by atoms with Gasteiger partial charge < -0.3 is 10.4 Å². The van der Waals surface area contributed by atoms with Crippen molar-refractivity contribution in [3.8, 4) is 5.82 Å². The van der Waals surface area contributed by atoms with Crippen LogP contribution in [0.2, 0.25) is 0 Å². The minimum Gasteiger partial charge on any atom is -0.394 e. The van der Waals surface area contributed by atoms with Crippen LogP contribution in [-0.2, 0) is 6.42 Å². The molecule has 2 aliphatic carbocycles. The van der Waals surface area contributed by atoms with Crippen LogP contribution in [0.5, 0.6) is 0 Å². The Morgan fingerprint density at radius 1 is 1.45 bits per heavy atom. The summed E-state index contributed by atoms with van der Waals surface area (Å²) in [6.07, 6.45) is 7.11. The maximum absolute atomic E-state index is 13.0. The van der Waals surface area contributed by atoms with Crippen LogP contribution in [0.15, 0.2) is 18.6 Å². The Labute approximate surface area is 171 Å². The molecule has 0 aromatic carbocycles. The summed E-state index contributed by atoms with van der Waals surface area (Å²) < 4.78 is 3.33. The Balaban J connectivity index is 0.00000117. The highest BCUT2D eigenvalue weighted by molar-refractivity contribution is 5.94. The predicted octanol–water partition coefficient (Wildman–Crippen LogP) is 1.44. The molecule has 1 amide bonds. The molecule has 1 fully saturated rings. The highest BCUT2D eigenvalue weighted by Crippen LogP contribution is 2.57. The third kappa shape index (κ3) is 3.99. The molecule has 8 heteroatoms. The molecule has 8 nitrogen and oxygen atoms in total. The van der Waals surface area contributed by atoms with Crippen LogP contribution in [0, 0.1) is 11.3 Å². The summed E-state index contributed by atoms with van der Waals surface area (Å²) in [5.41, 5.74) is 2.29. The molecule has 0 saturated heterocycles. The zero-order valence-corrected chi connectivity index (χ0v) is 18.1. The highest BCUT2D eigenvalue weighted by Gasteiger charge is 2.50. The fourth-order valence-corrected chi connectivity index (χ4v) is 3.82. The summed E-state index contributed by atoms with van der Waals surface area (Å²) in [5, 5.41) is 17.2. The molecule has 0 aliphatic heterocycles. The Morgan fingerprint density at radius 3 is 2.79 bits per heavy atom. The molecule has 2 N–H and O–H groups in total. The number of nitrogens with one attached hydrogen (secondary N) is 1. The van der Waals surface area contributed by atoms with Gasteiger partial charge in [-0.05, 0) is 24.2 Å². The van der Waals surface area contributed by atoms with Gasteiger partial charge in [0.05, 0.1) is 24.5 Å². The number of aliphatic hydroxyl groups excluding tert-OH is 1. The molecular formula is C21H32N5O3+. The minimum absolute atomic E-state index is 0.114. The molecular weight excluding hydrogens is 370 g/mol. The Hall–Kier alpha value is -2.48. The highest BCUT2D eigenvalue weighted by atomic mass is 16.6. The molecule has 0 bridgehead atoms. The number of hydrogen-bond acceptors (Lipinski definition) is 5. The van der Waals surface area contributed by atoms with Gasteiger partial charge in [-0.15, -0.1) is 0 Å². The van der Waals surface area contributed by atoms with Crippen molar-refractivity contribution in [2.45, 2.75) is 59.4 Å². The monoisotopic (exact) mass is 402 g/mol. The van der Waals surface area contributed by atoms with Crippen LogP contribution >= 0.6 is 0 Å². The third-order valence-corrected chi connectivity index (χ3v) is 5.60. The maximum Gasteiger partial charge on any atom is 0.272 e. The fraction of sp³-hybridized carbons (Fsp3) is 0.619. The predicted molar refractivity (Wildman–Crippen MR) is 108 cm³/mol. The lowest BCUT2D eigenvalue weighted by atomic mass is 9.87. The summed E-state index contributed by atoms with van der Waals surface area (Å²) in [6, 6.07) is -0.341. The average molecular weight is 403 g/mol. The molecule has 3 atom stereocenters. The molecule has 2 heterocycles. The van der Waals surface area contributed by atoms with Crippen LogP contribution in [0.25, 0.3) is 5.82 Å². The van der Waals surface area contributed by atoms with Crippen molar-refractivity contribution in [2.75, 3.05) is 13.7 Å². The zero-order valence-electron chi connectivity index (χ0n) is 18.1. The quantitative estimate of drug-likeness (QED) is 0.738. The van der Waals surface area contributed by atoms with Gasteiger partial charge in [0.25, 0.3) is 12.1 Å². The third-order valence-electron chi connectivity index (χ3n) is 5.60. The lowest BCUT2D eigenvalue weighted by molar-refractivity contribution is -0.885. The van der Waals surface area contributed by atoms with Gasteiger partial charge in [0.15, 0.2) is 5.69 Å². The van der Waals surface area contributed by atoms with E-state index >= 15 is 0 Å². The van der Waals surface area contributed by atoms with E-state index in [1.807, 2.05) is 34.6 Å². The number of nitrogens with zero attached hydrogens (tertiary/aromatic N) is 4. The zero-order chi connectivity index (χ0) is 21.3. The van der Waals surface area contributed by atoms with Gasteiger partial charge in [-0.2, -0.15) is 5.10 Å². The van der Waals surface area contributed by atoms with Gasteiger partial charge in [-0.3, -0.25) is 9.63 Å². The standard InChI is InChI=1S/C19H25N5O3.C2H6/c1-19(2,3)14(10-25)21-18(26)16-13-8-11-7-12(11)17(13)24(22-16)15-9-23(27-4)6-5-20-15;1-2/h5-6,9,11-12,14,25H,7-8,10H2,1-4H3;1-2H3/p+1. The molecule has 1 saturated carbocycles. The van der Waals surface area contributed by atoms with Crippen LogP contribution in [-0.4, -0.2) is 45.5 Å². The van der Waals surface area contributed by atoms with Crippen molar-refractivity contribution < 1.29 is 19.5 Å². The number of carbonyl (C=O) groups excluding carboxylic acids is 1. The van der Waals surface area contributed by atoms with Crippen molar-refractivity contribution in [3.63, 3.8) is 0 Å². The molecule has 2 aromatic heterocycles. The molecule has 4 rings (SSSR count). The first-order valence-corrected chi connectivity index (χ1v) is 10.3. The van der Waals surface area contributed by atoms with E-state index in [1.54, 1.807) is 35.1 Å². The number of hydrogen-bond donors (Lipinski definition) is 2. The fourth-order valence-electron chi connectivity index (χ4n) is 3.82. The first kappa shape index (κ1) is 21.2. The van der Waals surface area contributed by atoms with E-state index in [2.05, 4.69) is 15.4 Å². The van der Waals surface area contributed by atoms with E-state index in [1.165, 1.54) is 0 Å². The van der Waals surface area contributed by atoms with Crippen molar-refractivity contribution in [1.29, 1.82) is 0 Å². The van der Waals surface area contributed by atoms with Crippen molar-refractivity contribution in [2.24, 2.45) is 11.3 Å². The number of aliphatic hydroxyl groups is 1. The van der Waals surface area contributed by atoms with Crippen molar-refractivity contribution in [3.05, 3.63) is 35.5 Å². The SMILES string of the molecule is CC.CO[n+]1ccnc(-n2nc(C(=O)NC(CO)C(C)(C)C)c3c2C2CC2C3)c1. The number of aromatic nitrogens is 4. The number of rotatable bonds is 5. The number of fused-ring (bicyclic) bond motifs is 3. The molecule has 29 heavy (non-hydrogen) atoms. The maximum atomic E-state index is 13.0. The molecule has 158 valence electrons. The lowest BCUT2D eigenvalue weighted by Gasteiger charge is -2.29. The molecule has 2 aromatic rings. The van der Waals surface area contributed by atoms with Crippen LogP contribution in [0.4, 0.5) is 0 Å². The Kier molecular flexibility index (Phi) is 5.93. The largest absolute Gasteiger partial charge is 0.394 e. The summed E-state index contributed by atoms with van der Waals surface area (Å²) in [4.78, 5) is 22.6. The molecule has 0 radical (unpaired) electrons. The summed E-state index contributed by atoms with van der Waals surface area (Å²) in [6.45, 7) is 9.86. The molecule has 0 spiro atoms. The molecule has 3 unspecified atom stereocenters. The van der Waals surface area contributed by atoms with Crippen molar-refractivity contribution >= 4 is 5.91 Å². The van der Waals surface area contributed by atoms with E-state index in [0.717, 1.165) is 24.1 Å². The second kappa shape index (κ2) is 8.10. The first-order chi connectivity index (χ1) is 13.8. The van der Waals surface area contributed by atoms with E-state index in [9.17, 15) is 9.90 Å². The Bertz CT molecular complexity index is 887. The number of amides is 1. The van der Waals surface area contributed by atoms with Gasteiger partial charge >= 0.3 is 0 Å². The van der Waals surface area contributed by atoms with E-state index in [0.29, 0.717) is 23.3 Å². The minimum atomic E-state index is -0.341. The van der Waals surface area contributed by atoms with E-state index in [-0.39, 0.29) is 24.0 Å². The second-order valence-corrected chi connectivity index (χ2v) is 8.46. The van der Waals surface area contributed by atoms with Crippen LogP contribution in [0.3, 0.4) is 0 Å². The summed E-state index contributed by atoms with van der Waals surface area (Å²) in [7, 11) is 1.58.